The van der Waals surface area contributed by atoms with Gasteiger partial charge in [0.2, 0.25) is 0 Å². The summed E-state index contributed by atoms with van der Waals surface area (Å²) in [6.07, 6.45) is 9.76. The Morgan fingerprint density at radius 2 is 1.72 bits per heavy atom. The molecule has 0 radical (unpaired) electrons. The van der Waals surface area contributed by atoms with E-state index in [-0.39, 0.29) is 17.6 Å². The van der Waals surface area contributed by atoms with Gasteiger partial charge in [0.15, 0.2) is 0 Å². The van der Waals surface area contributed by atoms with Crippen LogP contribution in [0.3, 0.4) is 0 Å². The zero-order valence-corrected chi connectivity index (χ0v) is 20.9. The molecular weight excluding hydrogens is 400 g/mol. The van der Waals surface area contributed by atoms with Crippen LogP contribution < -0.4 is 0 Å². The van der Waals surface area contributed by atoms with Crippen LogP contribution in [0.5, 0.6) is 0 Å². The van der Waals surface area contributed by atoms with Gasteiger partial charge in [0.25, 0.3) is 0 Å². The molecule has 0 amide bonds. The van der Waals surface area contributed by atoms with Crippen molar-refractivity contribution in [3.05, 3.63) is 12.2 Å². The monoisotopic (exact) mass is 444 g/mol. The second kappa shape index (κ2) is 7.77. The molecule has 4 saturated carbocycles. The highest BCUT2D eigenvalue weighted by atomic mass is 16.3. The Balaban J connectivity index is 1.66. The molecule has 4 aliphatic rings. The molecule has 0 heterocycles. The molecule has 32 heavy (non-hydrogen) atoms. The zero-order chi connectivity index (χ0) is 23.7. The summed E-state index contributed by atoms with van der Waals surface area (Å²) in [7, 11) is 0. The first kappa shape index (κ1) is 24.1. The van der Waals surface area contributed by atoms with Crippen LogP contribution in [0.2, 0.25) is 0 Å². The van der Waals surface area contributed by atoms with E-state index in [9.17, 15) is 19.8 Å². The number of rotatable bonds is 5. The maximum Gasteiger partial charge on any atom is 0.148 e. The molecule has 10 atom stereocenters. The van der Waals surface area contributed by atoms with Gasteiger partial charge in [0.1, 0.15) is 12.1 Å². The van der Waals surface area contributed by atoms with Gasteiger partial charge in [-0.1, -0.05) is 46.8 Å². The van der Waals surface area contributed by atoms with E-state index in [0.29, 0.717) is 48.9 Å². The highest BCUT2D eigenvalue weighted by Gasteiger charge is 2.77. The summed E-state index contributed by atoms with van der Waals surface area (Å²) >= 11 is 0. The standard InChI is InChI=1S/C28H44O4/c1-17(2)18(3)7-8-19(4)22-10-9-20-13-27(16-25(20,22)5)23(15-29)28(32)14-21(30)11-12-26(28,6)24(27)31/h7-8,15,17-23,30,32H,9-14,16H2,1-6H3/b8-7+/t18-,19+,20-,21-,22+,23+,25-,26+,27-,28+/m0/s1. The molecule has 0 saturated heterocycles. The lowest BCUT2D eigenvalue weighted by molar-refractivity contribution is -0.158. The van der Waals surface area contributed by atoms with E-state index in [0.717, 1.165) is 19.1 Å². The summed E-state index contributed by atoms with van der Waals surface area (Å²) < 4.78 is 0. The average molecular weight is 445 g/mol. The topological polar surface area (TPSA) is 74.6 Å². The van der Waals surface area contributed by atoms with Crippen molar-refractivity contribution in [1.29, 1.82) is 0 Å². The van der Waals surface area contributed by atoms with Gasteiger partial charge in [-0.05, 0) is 80.5 Å². The van der Waals surface area contributed by atoms with E-state index in [2.05, 4.69) is 46.8 Å². The molecule has 180 valence electrons. The summed E-state index contributed by atoms with van der Waals surface area (Å²) in [6, 6.07) is 0. The van der Waals surface area contributed by atoms with Gasteiger partial charge in [0, 0.05) is 11.8 Å². The van der Waals surface area contributed by atoms with Crippen LogP contribution in [0.15, 0.2) is 12.2 Å². The molecule has 0 aromatic rings. The van der Waals surface area contributed by atoms with Crippen molar-refractivity contribution < 1.29 is 19.8 Å². The van der Waals surface area contributed by atoms with Gasteiger partial charge >= 0.3 is 0 Å². The lowest BCUT2D eigenvalue weighted by Crippen LogP contribution is -2.54. The van der Waals surface area contributed by atoms with Crippen LogP contribution in [-0.4, -0.2) is 34.0 Å². The molecule has 0 aromatic carbocycles. The second-order valence-electron chi connectivity index (χ2n) is 12.9. The zero-order valence-electron chi connectivity index (χ0n) is 20.9. The summed E-state index contributed by atoms with van der Waals surface area (Å²) in [6.45, 7) is 13.3. The minimum absolute atomic E-state index is 0.000571. The molecular formula is C28H44O4. The Labute approximate surface area is 194 Å². The predicted molar refractivity (Wildman–Crippen MR) is 126 cm³/mol. The van der Waals surface area contributed by atoms with Crippen LogP contribution in [0, 0.1) is 51.8 Å². The quantitative estimate of drug-likeness (QED) is 0.464. The molecule has 4 heteroatoms. The smallest absolute Gasteiger partial charge is 0.148 e. The molecule has 0 aromatic heterocycles. The van der Waals surface area contributed by atoms with Gasteiger partial charge < -0.3 is 15.0 Å². The maximum atomic E-state index is 14.1. The number of aldehydes is 1. The lowest BCUT2D eigenvalue weighted by atomic mass is 9.63. The minimum atomic E-state index is -1.42. The third-order valence-electron chi connectivity index (χ3n) is 11.0. The van der Waals surface area contributed by atoms with E-state index >= 15 is 0 Å². The summed E-state index contributed by atoms with van der Waals surface area (Å²) in [4.78, 5) is 26.6. The van der Waals surface area contributed by atoms with Crippen LogP contribution in [0.25, 0.3) is 0 Å². The largest absolute Gasteiger partial charge is 0.393 e. The van der Waals surface area contributed by atoms with E-state index < -0.39 is 28.5 Å². The molecule has 4 aliphatic carbocycles. The Bertz CT molecular complexity index is 803. The molecule has 0 aliphatic heterocycles. The molecule has 0 unspecified atom stereocenters. The molecule has 4 rings (SSSR count). The first-order chi connectivity index (χ1) is 14.9. The molecule has 1 spiro atoms. The van der Waals surface area contributed by atoms with E-state index in [1.807, 2.05) is 6.92 Å². The van der Waals surface area contributed by atoms with Gasteiger partial charge in [-0.3, -0.25) is 4.79 Å². The molecule has 4 nitrogen and oxygen atoms in total. The summed E-state index contributed by atoms with van der Waals surface area (Å²) in [5.41, 5.74) is -3.13. The number of carbonyl (C=O) groups is 2. The number of carbonyl (C=O) groups excluding carboxylic acids is 2. The first-order valence-electron chi connectivity index (χ1n) is 12.9. The lowest BCUT2D eigenvalue weighted by Gasteiger charge is -2.45. The second-order valence-corrected chi connectivity index (χ2v) is 12.9. The number of Topliss-reactive ketones (excluding diaryl/α,β-unsaturated/α-hetero) is 1. The van der Waals surface area contributed by atoms with Crippen molar-refractivity contribution in [2.45, 2.75) is 98.2 Å². The van der Waals surface area contributed by atoms with Gasteiger partial charge in [0.05, 0.1) is 23.0 Å². The van der Waals surface area contributed by atoms with Crippen molar-refractivity contribution >= 4 is 12.1 Å². The van der Waals surface area contributed by atoms with E-state index in [1.165, 1.54) is 6.42 Å². The van der Waals surface area contributed by atoms with Crippen LogP contribution in [0.1, 0.15) is 86.5 Å². The number of hydrogen-bond acceptors (Lipinski definition) is 4. The van der Waals surface area contributed by atoms with Crippen molar-refractivity contribution in [3.63, 3.8) is 0 Å². The maximum absolute atomic E-state index is 14.1. The van der Waals surface area contributed by atoms with Crippen LogP contribution >= 0.6 is 0 Å². The molecule has 2 N–H and O–H groups in total. The highest BCUT2D eigenvalue weighted by molar-refractivity contribution is 5.98. The Kier molecular flexibility index (Phi) is 5.86. The van der Waals surface area contributed by atoms with Crippen molar-refractivity contribution in [2.75, 3.05) is 0 Å². The third-order valence-corrected chi connectivity index (χ3v) is 11.0. The number of hydrogen-bond donors (Lipinski definition) is 2. The van der Waals surface area contributed by atoms with Gasteiger partial charge in [-0.25, -0.2) is 0 Å². The molecule has 0 bridgehead atoms. The normalized spacial score (nSPS) is 50.2. The van der Waals surface area contributed by atoms with E-state index in [1.54, 1.807) is 0 Å². The summed E-state index contributed by atoms with van der Waals surface area (Å²) in [5.74, 6) is 1.87. The number of allylic oxidation sites excluding steroid dienone is 2. The fraction of sp³-hybridized carbons (Fsp3) is 0.857. The number of aliphatic hydroxyl groups excluding tert-OH is 1. The molecule has 4 fully saturated rings. The van der Waals surface area contributed by atoms with Gasteiger partial charge in [-0.15, -0.1) is 0 Å². The Morgan fingerprint density at radius 1 is 1.03 bits per heavy atom. The Hall–Kier alpha value is -1.00. The van der Waals surface area contributed by atoms with Crippen molar-refractivity contribution in [2.24, 2.45) is 51.8 Å². The number of aliphatic hydroxyl groups is 2. The fourth-order valence-electron chi connectivity index (χ4n) is 8.65. The number of ketones is 1. The predicted octanol–water partition coefficient (Wildman–Crippen LogP) is 4.96. The third kappa shape index (κ3) is 3.07. The van der Waals surface area contributed by atoms with Crippen molar-refractivity contribution in [3.8, 4) is 0 Å². The van der Waals surface area contributed by atoms with Crippen LogP contribution in [0.4, 0.5) is 0 Å². The van der Waals surface area contributed by atoms with Gasteiger partial charge in [-0.2, -0.15) is 0 Å². The summed E-state index contributed by atoms with van der Waals surface area (Å²) in [5, 5.41) is 22.1. The van der Waals surface area contributed by atoms with E-state index in [4.69, 9.17) is 0 Å². The number of fused-ring (bicyclic) bond motifs is 2. The fourth-order valence-corrected chi connectivity index (χ4v) is 8.65. The highest BCUT2D eigenvalue weighted by Crippen LogP contribution is 2.73. The van der Waals surface area contributed by atoms with Crippen LogP contribution in [-0.2, 0) is 9.59 Å². The Morgan fingerprint density at radius 3 is 2.34 bits per heavy atom. The first-order valence-corrected chi connectivity index (χ1v) is 12.9. The average Bonchev–Trinajstić information content (AvgIpc) is 3.23. The van der Waals surface area contributed by atoms with Crippen molar-refractivity contribution in [1.82, 2.24) is 0 Å². The minimum Gasteiger partial charge on any atom is -0.393 e. The SMILES string of the molecule is CC(C)[C@@H](C)/C=C/[C@@H](C)[C@H]1CC[C@H]2C[C@@]3(C[C@@]21C)C(=O)[C@@]1(C)CC[C@H](O)C[C@@]1(O)[C@@H]3C=O.